The minimum Gasteiger partial charge on any atom is -0.444 e. The number of carbonyl (C=O) groups is 1. The first-order valence-electron chi connectivity index (χ1n) is 9.92. The number of piperazine rings is 1. The minimum absolute atomic E-state index is 0.254. The number of anilines is 1. The lowest BCUT2D eigenvalue weighted by Gasteiger charge is -2.36. The zero-order valence-corrected chi connectivity index (χ0v) is 18.1. The molecule has 154 valence electrons. The van der Waals surface area contributed by atoms with E-state index in [2.05, 4.69) is 9.88 Å². The molecule has 2 aliphatic rings. The molecule has 1 aromatic heterocycles. The maximum Gasteiger partial charge on any atom is 0.496 e. The number of hydrogen-bond donors (Lipinski definition) is 0. The van der Waals surface area contributed by atoms with Gasteiger partial charge >= 0.3 is 13.2 Å². The number of rotatable bonds is 2. The van der Waals surface area contributed by atoms with Gasteiger partial charge in [-0.3, -0.25) is 0 Å². The molecule has 0 spiro atoms. The van der Waals surface area contributed by atoms with Crippen LogP contribution in [0.3, 0.4) is 0 Å². The molecule has 2 aliphatic heterocycles. The van der Waals surface area contributed by atoms with E-state index in [9.17, 15) is 4.79 Å². The van der Waals surface area contributed by atoms with Crippen LogP contribution in [0.15, 0.2) is 18.3 Å². The molecule has 3 rings (SSSR count). The van der Waals surface area contributed by atoms with E-state index in [4.69, 9.17) is 14.0 Å². The molecule has 0 bridgehead atoms. The number of carbonyl (C=O) groups excluding carboxylic acids is 1. The SMILES string of the molecule is CC(C)(C)OC(=O)N1CCN(c2ccc(B3OC(C)(C)C(C)(C)O3)cn2)CC1. The van der Waals surface area contributed by atoms with Crippen molar-refractivity contribution in [3.63, 3.8) is 0 Å². The molecule has 8 heteroatoms. The Balaban J connectivity index is 1.58. The van der Waals surface area contributed by atoms with Gasteiger partial charge in [0.25, 0.3) is 0 Å². The van der Waals surface area contributed by atoms with Gasteiger partial charge in [-0.25, -0.2) is 9.78 Å². The van der Waals surface area contributed by atoms with Crippen LogP contribution in [0.4, 0.5) is 10.6 Å². The smallest absolute Gasteiger partial charge is 0.444 e. The summed E-state index contributed by atoms with van der Waals surface area (Å²) in [5, 5.41) is 0. The van der Waals surface area contributed by atoms with Gasteiger partial charge in [0.15, 0.2) is 0 Å². The monoisotopic (exact) mass is 389 g/mol. The Bertz CT molecular complexity index is 691. The summed E-state index contributed by atoms with van der Waals surface area (Å²) in [5.41, 5.74) is -0.295. The molecule has 0 radical (unpaired) electrons. The van der Waals surface area contributed by atoms with Crippen LogP contribution in [-0.2, 0) is 14.0 Å². The third kappa shape index (κ3) is 4.44. The van der Waals surface area contributed by atoms with Crippen LogP contribution in [0.5, 0.6) is 0 Å². The van der Waals surface area contributed by atoms with Crippen molar-refractivity contribution in [3.05, 3.63) is 18.3 Å². The van der Waals surface area contributed by atoms with Gasteiger partial charge in [0.05, 0.1) is 11.2 Å². The van der Waals surface area contributed by atoms with E-state index in [1.54, 1.807) is 4.90 Å². The van der Waals surface area contributed by atoms with E-state index in [0.29, 0.717) is 13.1 Å². The fourth-order valence-corrected chi connectivity index (χ4v) is 3.15. The van der Waals surface area contributed by atoms with Crippen molar-refractivity contribution in [3.8, 4) is 0 Å². The third-order valence-corrected chi connectivity index (χ3v) is 5.55. The topological polar surface area (TPSA) is 64.1 Å². The van der Waals surface area contributed by atoms with Crippen LogP contribution in [-0.4, -0.2) is 66.1 Å². The molecule has 0 atom stereocenters. The molecule has 0 N–H and O–H groups in total. The lowest BCUT2D eigenvalue weighted by molar-refractivity contribution is 0.00578. The fourth-order valence-electron chi connectivity index (χ4n) is 3.15. The molecule has 3 heterocycles. The molecule has 0 aromatic carbocycles. The van der Waals surface area contributed by atoms with E-state index >= 15 is 0 Å². The highest BCUT2D eigenvalue weighted by atomic mass is 16.7. The highest BCUT2D eigenvalue weighted by molar-refractivity contribution is 6.62. The van der Waals surface area contributed by atoms with Crippen LogP contribution in [0.25, 0.3) is 0 Å². The fraction of sp³-hybridized carbons (Fsp3) is 0.700. The standard InChI is InChI=1S/C20H32BN3O4/c1-18(2,3)26-17(25)24-12-10-23(11-13-24)16-9-8-15(14-22-16)21-27-19(4,5)20(6,7)28-21/h8-9,14H,10-13H2,1-7H3. The van der Waals surface area contributed by atoms with Crippen molar-refractivity contribution in [2.45, 2.75) is 65.3 Å². The first-order valence-corrected chi connectivity index (χ1v) is 9.92. The summed E-state index contributed by atoms with van der Waals surface area (Å²) in [6, 6.07) is 3.99. The van der Waals surface area contributed by atoms with Crippen LogP contribution in [0.1, 0.15) is 48.5 Å². The Labute approximate surface area is 168 Å². The highest BCUT2D eigenvalue weighted by Gasteiger charge is 2.51. The molecular weight excluding hydrogens is 357 g/mol. The minimum atomic E-state index is -0.473. The van der Waals surface area contributed by atoms with Crippen molar-refractivity contribution >= 4 is 24.5 Å². The van der Waals surface area contributed by atoms with Gasteiger partial charge in [0, 0.05) is 37.8 Å². The molecule has 2 fully saturated rings. The maximum absolute atomic E-state index is 12.2. The van der Waals surface area contributed by atoms with E-state index in [-0.39, 0.29) is 17.3 Å². The number of ether oxygens (including phenoxy) is 1. The molecule has 28 heavy (non-hydrogen) atoms. The van der Waals surface area contributed by atoms with Gasteiger partial charge in [-0.2, -0.15) is 0 Å². The van der Waals surface area contributed by atoms with Crippen LogP contribution in [0, 0.1) is 0 Å². The average Bonchev–Trinajstić information content (AvgIpc) is 2.81. The van der Waals surface area contributed by atoms with E-state index in [1.807, 2.05) is 66.8 Å². The Kier molecular flexibility index (Phi) is 5.40. The lowest BCUT2D eigenvalue weighted by Crippen LogP contribution is -2.50. The van der Waals surface area contributed by atoms with Gasteiger partial charge in [-0.05, 0) is 54.5 Å². The highest BCUT2D eigenvalue weighted by Crippen LogP contribution is 2.36. The molecule has 0 unspecified atom stereocenters. The number of amides is 1. The second-order valence-corrected chi connectivity index (χ2v) is 9.49. The van der Waals surface area contributed by atoms with Crippen molar-refractivity contribution in [2.24, 2.45) is 0 Å². The number of pyridine rings is 1. The lowest BCUT2D eigenvalue weighted by atomic mass is 9.80. The second kappa shape index (κ2) is 7.23. The Hall–Kier alpha value is -1.80. The molecule has 1 aromatic rings. The van der Waals surface area contributed by atoms with Gasteiger partial charge in [0.1, 0.15) is 11.4 Å². The number of nitrogens with zero attached hydrogens (tertiary/aromatic N) is 3. The molecule has 0 saturated carbocycles. The predicted molar refractivity (Wildman–Crippen MR) is 110 cm³/mol. The second-order valence-electron chi connectivity index (χ2n) is 9.49. The van der Waals surface area contributed by atoms with Gasteiger partial charge < -0.3 is 23.8 Å². The van der Waals surface area contributed by atoms with Gasteiger partial charge in [0.2, 0.25) is 0 Å². The first kappa shape index (κ1) is 20.9. The Morgan fingerprint density at radius 3 is 2.11 bits per heavy atom. The quantitative estimate of drug-likeness (QED) is 0.724. The third-order valence-electron chi connectivity index (χ3n) is 5.55. The van der Waals surface area contributed by atoms with E-state index < -0.39 is 12.7 Å². The van der Waals surface area contributed by atoms with Crippen molar-refractivity contribution in [1.82, 2.24) is 9.88 Å². The average molecular weight is 389 g/mol. The predicted octanol–water partition coefficient (Wildman–Crippen LogP) is 2.44. The van der Waals surface area contributed by atoms with Crippen LogP contribution in [0.2, 0.25) is 0 Å². The van der Waals surface area contributed by atoms with Crippen molar-refractivity contribution < 1.29 is 18.8 Å². The summed E-state index contributed by atoms with van der Waals surface area (Å²) in [5.74, 6) is 0.893. The Morgan fingerprint density at radius 1 is 1.07 bits per heavy atom. The number of aromatic nitrogens is 1. The molecule has 0 aliphatic carbocycles. The summed E-state index contributed by atoms with van der Waals surface area (Å²) in [6.45, 7) is 16.5. The largest absolute Gasteiger partial charge is 0.496 e. The molecule has 2 saturated heterocycles. The zero-order chi connectivity index (χ0) is 20.7. The summed E-state index contributed by atoms with van der Waals surface area (Å²) in [4.78, 5) is 20.7. The van der Waals surface area contributed by atoms with E-state index in [0.717, 1.165) is 24.4 Å². The molecule has 1 amide bonds. The molecule has 7 nitrogen and oxygen atoms in total. The van der Waals surface area contributed by atoms with Gasteiger partial charge in [-0.15, -0.1) is 0 Å². The van der Waals surface area contributed by atoms with E-state index in [1.165, 1.54) is 0 Å². The summed E-state index contributed by atoms with van der Waals surface area (Å²) in [7, 11) is -0.407. The van der Waals surface area contributed by atoms with Crippen molar-refractivity contribution in [1.29, 1.82) is 0 Å². The maximum atomic E-state index is 12.2. The van der Waals surface area contributed by atoms with Gasteiger partial charge in [-0.1, -0.05) is 6.07 Å². The normalized spacial score (nSPS) is 21.8. The molecular formula is C20H32BN3O4. The van der Waals surface area contributed by atoms with Crippen LogP contribution < -0.4 is 10.4 Å². The summed E-state index contributed by atoms with van der Waals surface area (Å²) < 4.78 is 17.6. The summed E-state index contributed by atoms with van der Waals surface area (Å²) in [6.07, 6.45) is 1.56. The first-order chi connectivity index (χ1) is 12.9. The Morgan fingerprint density at radius 2 is 1.64 bits per heavy atom. The van der Waals surface area contributed by atoms with Crippen molar-refractivity contribution in [2.75, 3.05) is 31.1 Å². The number of hydrogen-bond acceptors (Lipinski definition) is 6. The zero-order valence-electron chi connectivity index (χ0n) is 18.1. The van der Waals surface area contributed by atoms with Crippen LogP contribution >= 0.6 is 0 Å². The summed E-state index contributed by atoms with van der Waals surface area (Å²) >= 11 is 0.